The number of phosphoric ester groups is 1. The van der Waals surface area contributed by atoms with Crippen molar-refractivity contribution in [2.45, 2.75) is 24.5 Å². The van der Waals surface area contributed by atoms with Crippen molar-refractivity contribution in [3.05, 3.63) is 11.1 Å². The van der Waals surface area contributed by atoms with E-state index in [0.717, 1.165) is 0 Å². The molecular formula is C10H10BrN5O6P-. The summed E-state index contributed by atoms with van der Waals surface area (Å²) in [7, 11) is -4.44. The quantitative estimate of drug-likeness (QED) is 0.458. The fourth-order valence-corrected chi connectivity index (χ4v) is 4.16. The first-order valence-electron chi connectivity index (χ1n) is 6.49. The number of imidazole rings is 1. The van der Waals surface area contributed by atoms with Crippen LogP contribution in [0.1, 0.15) is 6.23 Å². The van der Waals surface area contributed by atoms with Gasteiger partial charge in [0.15, 0.2) is 27.9 Å². The van der Waals surface area contributed by atoms with Gasteiger partial charge in [0, 0.05) is 0 Å². The molecule has 2 aliphatic heterocycles. The van der Waals surface area contributed by atoms with Gasteiger partial charge in [0.1, 0.15) is 24.6 Å². The van der Waals surface area contributed by atoms with Crippen LogP contribution in [0.4, 0.5) is 5.82 Å². The van der Waals surface area contributed by atoms with Crippen LogP contribution in [0.2, 0.25) is 0 Å². The Morgan fingerprint density at radius 2 is 2.30 bits per heavy atom. The van der Waals surface area contributed by atoms with Crippen molar-refractivity contribution < 1.29 is 28.3 Å². The van der Waals surface area contributed by atoms with Crippen molar-refractivity contribution in [1.82, 2.24) is 19.5 Å². The molecule has 0 bridgehead atoms. The van der Waals surface area contributed by atoms with E-state index in [2.05, 4.69) is 35.4 Å². The molecule has 2 aliphatic rings. The molecule has 0 amide bonds. The van der Waals surface area contributed by atoms with Gasteiger partial charge >= 0.3 is 0 Å². The number of aliphatic hydroxyl groups excluding tert-OH is 1. The van der Waals surface area contributed by atoms with Crippen LogP contribution in [0.25, 0.3) is 11.2 Å². The first-order chi connectivity index (χ1) is 10.9. The molecule has 2 aromatic rings. The average molecular weight is 407 g/mol. The average Bonchev–Trinajstić information content (AvgIpc) is 2.97. The highest BCUT2D eigenvalue weighted by atomic mass is 79.9. The largest absolute Gasteiger partial charge is 0.756 e. The maximum atomic E-state index is 11.4. The first kappa shape index (κ1) is 15.4. The van der Waals surface area contributed by atoms with Gasteiger partial charge in [0.05, 0.1) is 6.61 Å². The molecule has 3 N–H and O–H groups in total. The van der Waals surface area contributed by atoms with Gasteiger partial charge in [0.25, 0.3) is 7.82 Å². The van der Waals surface area contributed by atoms with Crippen LogP contribution in [-0.2, 0) is 18.3 Å². The standard InChI is InChI=1S/C10H11BrN5O6P/c11-10-15-4-7(12)13-2-14-8(4)16(10)9-5(17)6-3(21-9)1-20-23(18,19)22-6/h2-3,5-6,9,17H,1H2,(H,18,19)(H2,12,13,14)/p-1/t3-,5?,6+,9-/m1/s1. The molecule has 5 atom stereocenters. The number of hydrogen-bond donors (Lipinski definition) is 2. The molecule has 4 heterocycles. The summed E-state index contributed by atoms with van der Waals surface area (Å²) < 4.78 is 28.2. The molecule has 2 saturated heterocycles. The lowest BCUT2D eigenvalue weighted by Gasteiger charge is -2.34. The van der Waals surface area contributed by atoms with E-state index in [1.54, 1.807) is 0 Å². The zero-order chi connectivity index (χ0) is 16.4. The second kappa shape index (κ2) is 5.18. The zero-order valence-electron chi connectivity index (χ0n) is 11.3. The normalized spacial score (nSPS) is 37.2. The number of halogens is 1. The fourth-order valence-electron chi connectivity index (χ4n) is 2.67. The van der Waals surface area contributed by atoms with Crippen molar-refractivity contribution in [3.8, 4) is 0 Å². The van der Waals surface area contributed by atoms with E-state index in [9.17, 15) is 14.6 Å². The minimum atomic E-state index is -4.44. The number of anilines is 1. The number of nitrogens with zero attached hydrogens (tertiary/aromatic N) is 4. The van der Waals surface area contributed by atoms with Gasteiger partial charge in [0.2, 0.25) is 0 Å². The van der Waals surface area contributed by atoms with E-state index >= 15 is 0 Å². The van der Waals surface area contributed by atoms with Gasteiger partial charge in [-0.05, 0) is 15.9 Å². The summed E-state index contributed by atoms with van der Waals surface area (Å²) in [5.41, 5.74) is 6.41. The summed E-state index contributed by atoms with van der Waals surface area (Å²) in [5.74, 6) is 0.169. The Balaban J connectivity index is 1.76. The van der Waals surface area contributed by atoms with Crippen LogP contribution < -0.4 is 10.6 Å². The van der Waals surface area contributed by atoms with E-state index in [1.165, 1.54) is 10.9 Å². The van der Waals surface area contributed by atoms with Crippen molar-refractivity contribution >= 4 is 40.7 Å². The SMILES string of the molecule is Nc1ncnc2c1nc(Br)n2[C@@H]1O[C@@H]2COP(=O)([O-])O[C@@H]2C1O. The maximum absolute atomic E-state index is 11.4. The number of hydrogen-bond acceptors (Lipinski definition) is 10. The molecule has 11 nitrogen and oxygen atoms in total. The molecule has 0 saturated carbocycles. The number of aromatic nitrogens is 4. The third kappa shape index (κ3) is 2.38. The van der Waals surface area contributed by atoms with Crippen LogP contribution in [-0.4, -0.2) is 49.5 Å². The van der Waals surface area contributed by atoms with Crippen molar-refractivity contribution in [1.29, 1.82) is 0 Å². The summed E-state index contributed by atoms with van der Waals surface area (Å²) in [5, 5.41) is 10.4. The highest BCUT2D eigenvalue weighted by molar-refractivity contribution is 9.10. The molecule has 0 spiro atoms. The fraction of sp³-hybridized carbons (Fsp3) is 0.500. The van der Waals surface area contributed by atoms with Gasteiger partial charge in [-0.25, -0.2) is 15.0 Å². The monoisotopic (exact) mass is 406 g/mol. The molecule has 13 heteroatoms. The Morgan fingerprint density at radius 3 is 3.09 bits per heavy atom. The molecule has 23 heavy (non-hydrogen) atoms. The van der Waals surface area contributed by atoms with Crippen molar-refractivity contribution in [2.24, 2.45) is 0 Å². The minimum absolute atomic E-state index is 0.169. The number of ether oxygens (including phenoxy) is 1. The highest BCUT2D eigenvalue weighted by Crippen LogP contribution is 2.50. The smallest absolute Gasteiger partial charge is 0.268 e. The molecule has 0 aliphatic carbocycles. The minimum Gasteiger partial charge on any atom is -0.756 e. The summed E-state index contributed by atoms with van der Waals surface area (Å²) in [4.78, 5) is 23.5. The molecule has 2 aromatic heterocycles. The Bertz CT molecular complexity index is 831. The predicted molar refractivity (Wildman–Crippen MR) is 75.8 cm³/mol. The van der Waals surface area contributed by atoms with Gasteiger partial charge < -0.3 is 29.5 Å². The third-order valence-corrected chi connectivity index (χ3v) is 5.20. The van der Waals surface area contributed by atoms with Gasteiger partial charge in [-0.15, -0.1) is 0 Å². The summed E-state index contributed by atoms with van der Waals surface area (Å²) >= 11 is 3.25. The topological polar surface area (TPSA) is 158 Å². The number of phosphoric acid groups is 1. The van der Waals surface area contributed by atoms with Crippen molar-refractivity contribution in [2.75, 3.05) is 12.3 Å². The Labute approximate surface area is 137 Å². The maximum Gasteiger partial charge on any atom is 0.268 e. The Hall–Kier alpha value is -1.14. The lowest BCUT2D eigenvalue weighted by atomic mass is 10.1. The summed E-state index contributed by atoms with van der Waals surface area (Å²) in [6.45, 7) is -0.236. The number of fused-ring (bicyclic) bond motifs is 2. The molecule has 2 fully saturated rings. The Kier molecular flexibility index (Phi) is 3.47. The van der Waals surface area contributed by atoms with E-state index in [-0.39, 0.29) is 12.4 Å². The third-order valence-electron chi connectivity index (χ3n) is 3.67. The summed E-state index contributed by atoms with van der Waals surface area (Å²) in [6, 6.07) is 0. The van der Waals surface area contributed by atoms with Crippen LogP contribution in [0.15, 0.2) is 11.1 Å². The summed E-state index contributed by atoms with van der Waals surface area (Å²) in [6.07, 6.45) is -2.80. The molecular weight excluding hydrogens is 397 g/mol. The zero-order valence-corrected chi connectivity index (χ0v) is 13.8. The first-order valence-corrected chi connectivity index (χ1v) is 8.74. The van der Waals surface area contributed by atoms with Crippen LogP contribution >= 0.6 is 23.8 Å². The lowest BCUT2D eigenvalue weighted by molar-refractivity contribution is -0.245. The molecule has 0 radical (unpaired) electrons. The van der Waals surface area contributed by atoms with Crippen molar-refractivity contribution in [3.63, 3.8) is 0 Å². The van der Waals surface area contributed by atoms with E-state index < -0.39 is 32.4 Å². The molecule has 124 valence electrons. The van der Waals surface area contributed by atoms with E-state index in [0.29, 0.717) is 15.9 Å². The second-order valence-electron chi connectivity index (χ2n) is 5.05. The number of nitrogen functional groups attached to an aromatic ring is 1. The Morgan fingerprint density at radius 1 is 1.52 bits per heavy atom. The number of nitrogens with two attached hydrogens (primary N) is 1. The number of aliphatic hydroxyl groups is 1. The lowest BCUT2D eigenvalue weighted by Crippen LogP contribution is -2.41. The molecule has 0 aromatic carbocycles. The predicted octanol–water partition coefficient (Wildman–Crippen LogP) is -0.687. The van der Waals surface area contributed by atoms with Gasteiger partial charge in [-0.3, -0.25) is 9.13 Å². The molecule has 4 rings (SSSR count). The van der Waals surface area contributed by atoms with Gasteiger partial charge in [-0.1, -0.05) is 0 Å². The molecule has 2 unspecified atom stereocenters. The highest BCUT2D eigenvalue weighted by Gasteiger charge is 2.50. The van der Waals surface area contributed by atoms with Crippen LogP contribution in [0.3, 0.4) is 0 Å². The van der Waals surface area contributed by atoms with Crippen LogP contribution in [0, 0.1) is 0 Å². The van der Waals surface area contributed by atoms with Gasteiger partial charge in [-0.2, -0.15) is 0 Å². The number of rotatable bonds is 1. The van der Waals surface area contributed by atoms with E-state index in [4.69, 9.17) is 15.0 Å². The second-order valence-corrected chi connectivity index (χ2v) is 7.12. The van der Waals surface area contributed by atoms with Crippen LogP contribution in [0.5, 0.6) is 0 Å². The van der Waals surface area contributed by atoms with E-state index in [1.807, 2.05) is 0 Å².